The van der Waals surface area contributed by atoms with Gasteiger partial charge in [0.1, 0.15) is 12.4 Å². The van der Waals surface area contributed by atoms with Crippen LogP contribution in [0.5, 0.6) is 5.75 Å². The van der Waals surface area contributed by atoms with Crippen LogP contribution in [0.2, 0.25) is 0 Å². The highest BCUT2D eigenvalue weighted by molar-refractivity contribution is 8.19. The van der Waals surface area contributed by atoms with Crippen LogP contribution in [-0.2, 0) is 24.2 Å². The Kier molecular flexibility index (Phi) is 9.03. The highest BCUT2D eigenvalue weighted by Crippen LogP contribution is 2.38. The topological polar surface area (TPSA) is 46.8 Å². The smallest absolute Gasteiger partial charge is 0.271 e. The molecule has 226 valence electrons. The van der Waals surface area contributed by atoms with E-state index >= 15 is 0 Å². The molecule has 1 amide bonds. The number of rotatable bonds is 9. The van der Waals surface area contributed by atoms with E-state index in [4.69, 9.17) is 9.73 Å². The van der Waals surface area contributed by atoms with Crippen molar-refractivity contribution in [1.29, 1.82) is 0 Å². The van der Waals surface area contributed by atoms with Crippen LogP contribution in [0.3, 0.4) is 0 Å². The van der Waals surface area contributed by atoms with E-state index in [0.29, 0.717) is 16.7 Å². The number of anilines is 1. The molecule has 0 atom stereocenters. The number of aliphatic imine (C=N–C) groups is 1. The summed E-state index contributed by atoms with van der Waals surface area (Å²) in [4.78, 5) is 21.3. The predicted octanol–water partition coefficient (Wildman–Crippen LogP) is 9.61. The van der Waals surface area contributed by atoms with Crippen LogP contribution in [0.25, 0.3) is 11.8 Å². The fourth-order valence-electron chi connectivity index (χ4n) is 5.48. The third kappa shape index (κ3) is 6.66. The Morgan fingerprint density at radius 3 is 2.02 bits per heavy atom. The van der Waals surface area contributed by atoms with Crippen LogP contribution in [0.1, 0.15) is 47.5 Å². The van der Waals surface area contributed by atoms with Crippen LogP contribution in [0.15, 0.2) is 119 Å². The van der Waals surface area contributed by atoms with Crippen molar-refractivity contribution in [2.75, 3.05) is 4.90 Å². The normalized spacial score (nSPS) is 14.9. The molecule has 5 aromatic rings. The maximum Gasteiger partial charge on any atom is 0.271 e. The minimum absolute atomic E-state index is 0.0714. The predicted molar refractivity (Wildman–Crippen MR) is 188 cm³/mol. The lowest BCUT2D eigenvalue weighted by molar-refractivity contribution is -0.113. The van der Waals surface area contributed by atoms with Crippen LogP contribution in [0, 0.1) is 13.8 Å². The molecule has 1 fully saturated rings. The molecule has 45 heavy (non-hydrogen) atoms. The number of amidine groups is 1. The molecule has 1 aliphatic rings. The van der Waals surface area contributed by atoms with Gasteiger partial charge in [-0.15, -0.1) is 0 Å². The van der Waals surface area contributed by atoms with E-state index in [1.807, 2.05) is 60.7 Å². The van der Waals surface area contributed by atoms with Crippen molar-refractivity contribution < 1.29 is 9.53 Å². The average molecular weight is 612 g/mol. The Labute approximate surface area is 269 Å². The number of aromatic nitrogens is 1. The molecule has 2 heterocycles. The van der Waals surface area contributed by atoms with Gasteiger partial charge >= 0.3 is 0 Å². The average Bonchev–Trinajstić information content (AvgIpc) is 3.53. The number of carbonyl (C=O) groups is 1. The maximum absolute atomic E-state index is 14.0. The number of amides is 1. The SMILES string of the molecule is CCc1ccc(N=C2S/C(=C\c3cc(C)n(-c4ccc(OCc5ccccc5)cc4)c3C)C(=O)N2c2ccc(CC)cc2)cc1. The molecule has 1 aromatic heterocycles. The first-order chi connectivity index (χ1) is 21.9. The highest BCUT2D eigenvalue weighted by Gasteiger charge is 2.35. The number of ether oxygens (including phenoxy) is 1. The van der Waals surface area contributed by atoms with Crippen LogP contribution in [0.4, 0.5) is 11.4 Å². The standard InChI is InChI=1S/C39H37N3O2S/c1-5-29-12-16-33(17-13-29)40-39-42(35-18-14-30(6-2)15-19-35)38(43)37(45-39)25-32-24-27(3)41(28(32)4)34-20-22-36(23-21-34)44-26-31-10-8-7-9-11-31/h7-25H,5-6,26H2,1-4H3/b37-25-,40-39?. The molecular weight excluding hydrogens is 575 g/mol. The third-order valence-electron chi connectivity index (χ3n) is 8.08. The number of benzene rings is 4. The van der Waals surface area contributed by atoms with Crippen molar-refractivity contribution in [3.63, 3.8) is 0 Å². The first-order valence-electron chi connectivity index (χ1n) is 15.4. The maximum atomic E-state index is 14.0. The Bertz CT molecular complexity index is 1850. The van der Waals surface area contributed by atoms with Gasteiger partial charge in [-0.3, -0.25) is 9.69 Å². The summed E-state index contributed by atoms with van der Waals surface area (Å²) in [5.74, 6) is 0.751. The van der Waals surface area contributed by atoms with Crippen molar-refractivity contribution >= 4 is 40.3 Å². The van der Waals surface area contributed by atoms with Gasteiger partial charge in [0.05, 0.1) is 16.3 Å². The van der Waals surface area contributed by atoms with E-state index in [1.54, 1.807) is 4.90 Å². The molecule has 0 N–H and O–H groups in total. The fraction of sp³-hybridized carbons (Fsp3) is 0.179. The summed E-state index contributed by atoms with van der Waals surface area (Å²) in [7, 11) is 0. The molecule has 5 nitrogen and oxygen atoms in total. The summed E-state index contributed by atoms with van der Waals surface area (Å²) in [6.07, 6.45) is 3.91. The molecule has 0 saturated carbocycles. The summed E-state index contributed by atoms with van der Waals surface area (Å²) in [6.45, 7) is 8.98. The largest absolute Gasteiger partial charge is 0.489 e. The monoisotopic (exact) mass is 611 g/mol. The van der Waals surface area contributed by atoms with Crippen molar-refractivity contribution in [2.45, 2.75) is 47.1 Å². The fourth-order valence-corrected chi connectivity index (χ4v) is 6.47. The lowest BCUT2D eigenvalue weighted by Gasteiger charge is -2.16. The van der Waals surface area contributed by atoms with Crippen molar-refractivity contribution in [2.24, 2.45) is 4.99 Å². The molecular formula is C39H37N3O2S. The Hall–Kier alpha value is -4.81. The second-order valence-corrected chi connectivity index (χ2v) is 12.1. The zero-order valence-corrected chi connectivity index (χ0v) is 27.0. The van der Waals surface area contributed by atoms with E-state index in [-0.39, 0.29) is 5.91 Å². The van der Waals surface area contributed by atoms with Gasteiger partial charge < -0.3 is 9.30 Å². The van der Waals surface area contributed by atoms with Crippen molar-refractivity contribution in [3.05, 3.63) is 148 Å². The van der Waals surface area contributed by atoms with Crippen LogP contribution < -0.4 is 9.64 Å². The minimum atomic E-state index is -0.0714. The number of nitrogens with zero attached hydrogens (tertiary/aromatic N) is 3. The number of aryl methyl sites for hydroxylation is 3. The van der Waals surface area contributed by atoms with Gasteiger partial charge in [0.25, 0.3) is 5.91 Å². The number of carbonyl (C=O) groups excluding carboxylic acids is 1. The zero-order valence-electron chi connectivity index (χ0n) is 26.2. The van der Waals surface area contributed by atoms with Crippen LogP contribution >= 0.6 is 11.8 Å². The van der Waals surface area contributed by atoms with Gasteiger partial charge in [-0.05, 0) is 121 Å². The Morgan fingerprint density at radius 2 is 1.38 bits per heavy atom. The minimum Gasteiger partial charge on any atom is -0.489 e. The van der Waals surface area contributed by atoms with Gasteiger partial charge in [-0.2, -0.15) is 0 Å². The molecule has 0 aliphatic carbocycles. The van der Waals surface area contributed by atoms with Gasteiger partial charge in [-0.1, -0.05) is 68.4 Å². The number of hydrogen-bond donors (Lipinski definition) is 0. The van der Waals surface area contributed by atoms with Crippen LogP contribution in [-0.4, -0.2) is 15.6 Å². The molecule has 6 rings (SSSR count). The van der Waals surface area contributed by atoms with E-state index in [1.165, 1.54) is 22.9 Å². The van der Waals surface area contributed by atoms with Crippen molar-refractivity contribution in [1.82, 2.24) is 4.57 Å². The summed E-state index contributed by atoms with van der Waals surface area (Å²) in [6, 6.07) is 36.8. The van der Waals surface area contributed by atoms with Gasteiger partial charge in [0.2, 0.25) is 0 Å². The molecule has 0 bridgehead atoms. The first-order valence-corrected chi connectivity index (χ1v) is 16.2. The molecule has 0 spiro atoms. The molecule has 1 aliphatic heterocycles. The Morgan fingerprint density at radius 1 is 0.756 bits per heavy atom. The van der Waals surface area contributed by atoms with E-state index < -0.39 is 0 Å². The summed E-state index contributed by atoms with van der Waals surface area (Å²) in [5.41, 5.74) is 9.46. The van der Waals surface area contributed by atoms with E-state index in [2.05, 4.69) is 86.9 Å². The van der Waals surface area contributed by atoms with Crippen molar-refractivity contribution in [3.8, 4) is 11.4 Å². The molecule has 6 heteroatoms. The van der Waals surface area contributed by atoms with Gasteiger partial charge in [0.15, 0.2) is 5.17 Å². The molecule has 0 unspecified atom stereocenters. The van der Waals surface area contributed by atoms with Gasteiger partial charge in [-0.25, -0.2) is 4.99 Å². The summed E-state index contributed by atoms with van der Waals surface area (Å²) in [5, 5.41) is 0.652. The van der Waals surface area contributed by atoms with Gasteiger partial charge in [0, 0.05) is 17.1 Å². The molecule has 4 aromatic carbocycles. The summed E-state index contributed by atoms with van der Waals surface area (Å²) < 4.78 is 8.21. The second kappa shape index (κ2) is 13.4. The number of thioether (sulfide) groups is 1. The van der Waals surface area contributed by atoms with E-state index in [0.717, 1.165) is 58.2 Å². The number of hydrogen-bond acceptors (Lipinski definition) is 4. The first kappa shape index (κ1) is 30.2. The molecule has 1 saturated heterocycles. The second-order valence-electron chi connectivity index (χ2n) is 11.1. The molecule has 0 radical (unpaired) electrons. The third-order valence-corrected chi connectivity index (χ3v) is 9.05. The van der Waals surface area contributed by atoms with E-state index in [9.17, 15) is 4.79 Å². The summed E-state index contributed by atoms with van der Waals surface area (Å²) >= 11 is 1.42. The highest BCUT2D eigenvalue weighted by atomic mass is 32.2. The lowest BCUT2D eigenvalue weighted by Crippen LogP contribution is -2.28. The lowest BCUT2D eigenvalue weighted by atomic mass is 10.1. The quantitative estimate of drug-likeness (QED) is 0.156. The Balaban J connectivity index is 1.29. The zero-order chi connectivity index (χ0) is 31.3.